The summed E-state index contributed by atoms with van der Waals surface area (Å²) in [6, 6.07) is 10.9. The fourth-order valence-corrected chi connectivity index (χ4v) is 5.85. The molecular formula is C15H16ClF2NS2. The summed E-state index contributed by atoms with van der Waals surface area (Å²) >= 11 is 8.44. The van der Waals surface area contributed by atoms with E-state index in [1.165, 1.54) is 11.8 Å². The Morgan fingerprint density at radius 1 is 1.24 bits per heavy atom. The first-order valence-corrected chi connectivity index (χ1v) is 8.49. The fraction of sp³-hybridized carbons (Fsp3) is 0.533. The van der Waals surface area contributed by atoms with E-state index in [9.17, 15) is 14.0 Å². The summed E-state index contributed by atoms with van der Waals surface area (Å²) in [4.78, 5) is 0.640. The molecule has 1 saturated carbocycles. The largest absolute Gasteiger partial charge is 0.281 e. The van der Waals surface area contributed by atoms with Crippen molar-refractivity contribution in [2.45, 2.75) is 51.7 Å². The Bertz CT molecular complexity index is 567. The molecule has 0 heterocycles. The Balaban J connectivity index is 2.38. The lowest BCUT2D eigenvalue weighted by molar-refractivity contribution is -0.0905. The van der Waals surface area contributed by atoms with Crippen LogP contribution in [0.2, 0.25) is 0 Å². The summed E-state index contributed by atoms with van der Waals surface area (Å²) in [7, 11) is 0. The average Bonchev–Trinajstić information content (AvgIpc) is 2.36. The smallest absolute Gasteiger partial charge is 0.204 e. The Kier molecular flexibility index (Phi) is 4.29. The van der Waals surface area contributed by atoms with Crippen molar-refractivity contribution in [3.05, 3.63) is 30.3 Å². The van der Waals surface area contributed by atoms with Crippen molar-refractivity contribution in [2.24, 2.45) is 0 Å². The van der Waals surface area contributed by atoms with E-state index in [2.05, 4.69) is 6.07 Å². The minimum atomic E-state index is -3.08. The summed E-state index contributed by atoms with van der Waals surface area (Å²) in [5, 5.41) is 9.54. The number of hydrogen-bond donors (Lipinski definition) is 0. The van der Waals surface area contributed by atoms with Gasteiger partial charge in [-0.25, -0.2) is 8.78 Å². The van der Waals surface area contributed by atoms with E-state index in [1.807, 2.05) is 26.8 Å². The molecule has 1 nitrogen and oxygen atoms in total. The number of halogens is 3. The predicted molar refractivity (Wildman–Crippen MR) is 86.1 cm³/mol. The highest BCUT2D eigenvalue weighted by Gasteiger charge is 2.79. The van der Waals surface area contributed by atoms with Crippen LogP contribution in [-0.2, 0) is 0 Å². The third-order valence-electron chi connectivity index (χ3n) is 3.12. The minimum Gasteiger partial charge on any atom is -0.204 e. The van der Waals surface area contributed by atoms with Gasteiger partial charge in [-0.15, -0.1) is 11.8 Å². The summed E-state index contributed by atoms with van der Waals surface area (Å²) < 4.78 is 24.8. The maximum absolute atomic E-state index is 14.2. The monoisotopic (exact) mass is 347 g/mol. The van der Waals surface area contributed by atoms with Gasteiger partial charge >= 0.3 is 0 Å². The second-order valence-corrected chi connectivity index (χ2v) is 10.2. The van der Waals surface area contributed by atoms with Crippen LogP contribution >= 0.6 is 35.1 Å². The van der Waals surface area contributed by atoms with Crippen molar-refractivity contribution in [1.29, 1.82) is 5.26 Å². The lowest BCUT2D eigenvalue weighted by Crippen LogP contribution is -2.69. The van der Waals surface area contributed by atoms with Crippen molar-refractivity contribution in [1.82, 2.24) is 0 Å². The lowest BCUT2D eigenvalue weighted by Gasteiger charge is -2.56. The van der Waals surface area contributed by atoms with Crippen molar-refractivity contribution < 1.29 is 8.78 Å². The number of nitriles is 1. The van der Waals surface area contributed by atoms with E-state index >= 15 is 0 Å². The molecule has 0 spiro atoms. The van der Waals surface area contributed by atoms with Gasteiger partial charge in [0.1, 0.15) is 4.75 Å². The molecule has 0 saturated heterocycles. The van der Waals surface area contributed by atoms with E-state index in [0.29, 0.717) is 4.90 Å². The van der Waals surface area contributed by atoms with Crippen LogP contribution in [0.1, 0.15) is 27.2 Å². The summed E-state index contributed by atoms with van der Waals surface area (Å²) in [6.07, 6.45) is -0.512. The number of nitrogens with zero attached hydrogens (tertiary/aromatic N) is 1. The molecule has 1 aromatic rings. The molecule has 2 unspecified atom stereocenters. The molecule has 2 rings (SSSR count). The molecule has 1 aliphatic carbocycles. The number of hydrogen-bond acceptors (Lipinski definition) is 3. The molecule has 0 amide bonds. The molecule has 1 aliphatic rings. The maximum Gasteiger partial charge on any atom is 0.281 e. The zero-order chi connectivity index (χ0) is 15.9. The molecule has 0 N–H and O–H groups in total. The molecule has 0 aliphatic heterocycles. The summed E-state index contributed by atoms with van der Waals surface area (Å²) in [6.45, 7) is 5.70. The fourth-order valence-electron chi connectivity index (χ4n) is 2.30. The van der Waals surface area contributed by atoms with Crippen LogP contribution in [0.5, 0.6) is 0 Å². The molecular weight excluding hydrogens is 332 g/mol. The van der Waals surface area contributed by atoms with E-state index in [1.54, 1.807) is 24.3 Å². The highest BCUT2D eigenvalue weighted by Crippen LogP contribution is 2.71. The normalized spacial score (nSPS) is 31.3. The van der Waals surface area contributed by atoms with E-state index in [-0.39, 0.29) is 4.75 Å². The van der Waals surface area contributed by atoms with Crippen LogP contribution in [0.3, 0.4) is 0 Å². The van der Waals surface area contributed by atoms with E-state index < -0.39 is 21.3 Å². The van der Waals surface area contributed by atoms with Gasteiger partial charge in [0.15, 0.2) is 4.21 Å². The first-order valence-electron chi connectivity index (χ1n) is 6.47. The molecule has 1 fully saturated rings. The summed E-state index contributed by atoms with van der Waals surface area (Å²) in [5.74, 6) is -3.08. The molecule has 2 atom stereocenters. The van der Waals surface area contributed by atoms with Crippen LogP contribution in [-0.4, -0.2) is 19.6 Å². The topological polar surface area (TPSA) is 23.8 Å². The van der Waals surface area contributed by atoms with Crippen LogP contribution in [0.25, 0.3) is 0 Å². The van der Waals surface area contributed by atoms with Gasteiger partial charge < -0.3 is 0 Å². The van der Waals surface area contributed by atoms with Crippen LogP contribution in [0.15, 0.2) is 35.2 Å². The van der Waals surface area contributed by atoms with Gasteiger partial charge in [-0.05, 0) is 12.1 Å². The number of benzene rings is 1. The molecule has 1 aromatic carbocycles. The van der Waals surface area contributed by atoms with Gasteiger partial charge in [0, 0.05) is 16.1 Å². The van der Waals surface area contributed by atoms with Crippen LogP contribution in [0, 0.1) is 11.3 Å². The highest BCUT2D eigenvalue weighted by atomic mass is 35.5. The number of alkyl halides is 3. The van der Waals surface area contributed by atoms with Crippen molar-refractivity contribution in [3.8, 4) is 6.07 Å². The van der Waals surface area contributed by atoms with E-state index in [0.717, 1.165) is 11.8 Å². The lowest BCUT2D eigenvalue weighted by atomic mass is 9.79. The van der Waals surface area contributed by atoms with Crippen LogP contribution < -0.4 is 0 Å². The van der Waals surface area contributed by atoms with E-state index in [4.69, 9.17) is 11.6 Å². The van der Waals surface area contributed by atoms with Gasteiger partial charge in [-0.2, -0.15) is 5.26 Å². The molecule has 0 bridgehead atoms. The van der Waals surface area contributed by atoms with Gasteiger partial charge in [0.2, 0.25) is 0 Å². The van der Waals surface area contributed by atoms with Crippen molar-refractivity contribution in [2.75, 3.05) is 0 Å². The Hall–Kier alpha value is -0.440. The predicted octanol–water partition coefficient (Wildman–Crippen LogP) is 5.55. The molecule has 6 heteroatoms. The van der Waals surface area contributed by atoms with Crippen molar-refractivity contribution >= 4 is 35.1 Å². The Morgan fingerprint density at radius 3 is 2.24 bits per heavy atom. The van der Waals surface area contributed by atoms with Gasteiger partial charge in [0.05, 0.1) is 6.07 Å². The second kappa shape index (κ2) is 5.33. The minimum absolute atomic E-state index is 0.330. The first-order chi connectivity index (χ1) is 9.55. The zero-order valence-electron chi connectivity index (χ0n) is 12.0. The quantitative estimate of drug-likeness (QED) is 0.670. The standard InChI is InChI=1S/C15H16ClF2NS2/c1-12(2,3)21-13(10-19)9-14(17,18)15(13,16)20-11-7-5-4-6-8-11/h4-8H,9H2,1-3H3. The average molecular weight is 348 g/mol. The van der Waals surface area contributed by atoms with Gasteiger partial charge in [-0.3, -0.25) is 0 Å². The molecule has 21 heavy (non-hydrogen) atoms. The second-order valence-electron chi connectivity index (χ2n) is 6.04. The highest BCUT2D eigenvalue weighted by molar-refractivity contribution is 8.06. The summed E-state index contributed by atoms with van der Waals surface area (Å²) in [5.41, 5.74) is 0. The molecule has 0 aromatic heterocycles. The maximum atomic E-state index is 14.2. The third kappa shape index (κ3) is 2.91. The number of thioether (sulfide) groups is 2. The van der Waals surface area contributed by atoms with Gasteiger partial charge in [0.25, 0.3) is 5.92 Å². The Morgan fingerprint density at radius 2 is 1.81 bits per heavy atom. The SMILES string of the molecule is CC(C)(C)SC1(C#N)CC(F)(F)C1(Cl)Sc1ccccc1. The molecule has 0 radical (unpaired) electrons. The number of rotatable bonds is 3. The van der Waals surface area contributed by atoms with Crippen molar-refractivity contribution in [3.63, 3.8) is 0 Å². The Labute approximate surface area is 137 Å². The first kappa shape index (κ1) is 16.9. The molecule has 114 valence electrons. The third-order valence-corrected chi connectivity index (χ3v) is 7.13. The zero-order valence-corrected chi connectivity index (χ0v) is 14.4. The van der Waals surface area contributed by atoms with Crippen LogP contribution in [0.4, 0.5) is 8.78 Å². The van der Waals surface area contributed by atoms with Gasteiger partial charge in [-0.1, -0.05) is 62.3 Å².